The summed E-state index contributed by atoms with van der Waals surface area (Å²) in [7, 11) is 1.70. The third-order valence-electron chi connectivity index (χ3n) is 2.72. The summed E-state index contributed by atoms with van der Waals surface area (Å²) in [6.45, 7) is 6.76. The molecule has 0 saturated carbocycles. The van der Waals surface area contributed by atoms with Crippen LogP contribution >= 0.6 is 0 Å². The smallest absolute Gasteiger partial charge is 0.0487 e. The second-order valence-corrected chi connectivity index (χ2v) is 4.43. The van der Waals surface area contributed by atoms with Crippen LogP contribution in [0.2, 0.25) is 0 Å². The number of hydrogen-bond acceptors (Lipinski definition) is 3. The number of rotatable bonds is 10. The summed E-state index contributed by atoms with van der Waals surface area (Å²) in [5.74, 6) is 0. The van der Waals surface area contributed by atoms with Crippen LogP contribution in [0.5, 0.6) is 0 Å². The van der Waals surface area contributed by atoms with Gasteiger partial charge in [-0.2, -0.15) is 0 Å². The first-order valence-electron chi connectivity index (χ1n) is 5.86. The lowest BCUT2D eigenvalue weighted by molar-refractivity contribution is 0.0527. The Balaban J connectivity index is 3.46. The van der Waals surface area contributed by atoms with Crippen LogP contribution in [-0.2, 0) is 9.47 Å². The third-order valence-corrected chi connectivity index (χ3v) is 2.72. The summed E-state index contributed by atoms with van der Waals surface area (Å²) < 4.78 is 10.4. The molecule has 0 aliphatic rings. The van der Waals surface area contributed by atoms with Gasteiger partial charge in [-0.3, -0.25) is 0 Å². The lowest BCUT2D eigenvalue weighted by Gasteiger charge is -2.26. The molecule has 0 aliphatic heterocycles. The molecule has 0 bridgehead atoms. The molecule has 0 rings (SSSR count). The SMILES string of the molecule is CCCC(C)(CO)CCOCCCOC. The molecule has 15 heavy (non-hydrogen) atoms. The largest absolute Gasteiger partial charge is 0.396 e. The van der Waals surface area contributed by atoms with E-state index in [1.807, 2.05) is 0 Å². The molecule has 1 atom stereocenters. The molecule has 0 amide bonds. The standard InChI is InChI=1S/C12H26O3/c1-4-6-12(2,11-13)7-10-15-9-5-8-14-3/h13H,4-11H2,1-3H3. The molecule has 0 radical (unpaired) electrons. The zero-order valence-corrected chi connectivity index (χ0v) is 10.4. The topological polar surface area (TPSA) is 38.7 Å². The van der Waals surface area contributed by atoms with Gasteiger partial charge in [0.25, 0.3) is 0 Å². The Morgan fingerprint density at radius 3 is 2.40 bits per heavy atom. The summed E-state index contributed by atoms with van der Waals surface area (Å²) in [5.41, 5.74) is 0.0377. The third kappa shape index (κ3) is 7.77. The highest BCUT2D eigenvalue weighted by Crippen LogP contribution is 2.26. The van der Waals surface area contributed by atoms with Gasteiger partial charge in [0.05, 0.1) is 0 Å². The van der Waals surface area contributed by atoms with Crippen molar-refractivity contribution in [2.45, 2.75) is 39.5 Å². The molecule has 0 heterocycles. The summed E-state index contributed by atoms with van der Waals surface area (Å²) >= 11 is 0. The molecule has 0 aromatic rings. The number of aliphatic hydroxyl groups is 1. The predicted molar refractivity (Wildman–Crippen MR) is 62.0 cm³/mol. The van der Waals surface area contributed by atoms with Crippen LogP contribution in [0, 0.1) is 5.41 Å². The first-order valence-corrected chi connectivity index (χ1v) is 5.86. The van der Waals surface area contributed by atoms with Gasteiger partial charge in [0, 0.05) is 33.5 Å². The predicted octanol–water partition coefficient (Wildman–Crippen LogP) is 2.23. The van der Waals surface area contributed by atoms with Crippen LogP contribution in [0.4, 0.5) is 0 Å². The first-order chi connectivity index (χ1) is 7.18. The van der Waals surface area contributed by atoms with Crippen LogP contribution in [0.25, 0.3) is 0 Å². The van der Waals surface area contributed by atoms with Gasteiger partial charge in [0.15, 0.2) is 0 Å². The summed E-state index contributed by atoms with van der Waals surface area (Å²) in [6.07, 6.45) is 4.05. The van der Waals surface area contributed by atoms with Crippen molar-refractivity contribution >= 4 is 0 Å². The lowest BCUT2D eigenvalue weighted by atomic mass is 9.83. The van der Waals surface area contributed by atoms with Crippen LogP contribution in [0.15, 0.2) is 0 Å². The second kappa shape index (κ2) is 9.13. The molecule has 1 unspecified atom stereocenters. The van der Waals surface area contributed by atoms with Gasteiger partial charge < -0.3 is 14.6 Å². The average molecular weight is 218 g/mol. The van der Waals surface area contributed by atoms with Crippen molar-refractivity contribution in [3.63, 3.8) is 0 Å². The van der Waals surface area contributed by atoms with Crippen molar-refractivity contribution in [2.75, 3.05) is 33.5 Å². The van der Waals surface area contributed by atoms with Gasteiger partial charge in [-0.05, 0) is 24.7 Å². The summed E-state index contributed by atoms with van der Waals surface area (Å²) in [4.78, 5) is 0. The van der Waals surface area contributed by atoms with E-state index in [0.29, 0.717) is 0 Å². The molecule has 0 aliphatic carbocycles. The van der Waals surface area contributed by atoms with Crippen molar-refractivity contribution in [3.05, 3.63) is 0 Å². The monoisotopic (exact) mass is 218 g/mol. The summed E-state index contributed by atoms with van der Waals surface area (Å²) in [6, 6.07) is 0. The van der Waals surface area contributed by atoms with Crippen LogP contribution in [-0.4, -0.2) is 38.6 Å². The van der Waals surface area contributed by atoms with E-state index >= 15 is 0 Å². The minimum atomic E-state index is 0.0377. The number of methoxy groups -OCH3 is 1. The van der Waals surface area contributed by atoms with Gasteiger partial charge in [0.1, 0.15) is 0 Å². The van der Waals surface area contributed by atoms with E-state index in [0.717, 1.165) is 45.5 Å². The first kappa shape index (κ1) is 14.9. The van der Waals surface area contributed by atoms with Crippen molar-refractivity contribution < 1.29 is 14.6 Å². The molecule has 92 valence electrons. The van der Waals surface area contributed by atoms with Crippen molar-refractivity contribution in [1.29, 1.82) is 0 Å². The maximum absolute atomic E-state index is 9.28. The number of aliphatic hydroxyl groups excluding tert-OH is 1. The minimum Gasteiger partial charge on any atom is -0.396 e. The zero-order chi connectivity index (χ0) is 11.6. The van der Waals surface area contributed by atoms with E-state index in [1.54, 1.807) is 7.11 Å². The Hall–Kier alpha value is -0.120. The Morgan fingerprint density at radius 2 is 1.87 bits per heavy atom. The van der Waals surface area contributed by atoms with E-state index in [4.69, 9.17) is 9.47 Å². The van der Waals surface area contributed by atoms with E-state index in [2.05, 4.69) is 13.8 Å². The fraction of sp³-hybridized carbons (Fsp3) is 1.00. The molecule has 1 N–H and O–H groups in total. The normalized spacial score (nSPS) is 15.2. The Kier molecular flexibility index (Phi) is 9.06. The maximum Gasteiger partial charge on any atom is 0.0487 e. The van der Waals surface area contributed by atoms with E-state index in [-0.39, 0.29) is 12.0 Å². The van der Waals surface area contributed by atoms with E-state index < -0.39 is 0 Å². The highest BCUT2D eigenvalue weighted by molar-refractivity contribution is 4.72. The molecule has 0 saturated heterocycles. The van der Waals surface area contributed by atoms with Gasteiger partial charge >= 0.3 is 0 Å². The van der Waals surface area contributed by atoms with Crippen LogP contribution in [0.1, 0.15) is 39.5 Å². The van der Waals surface area contributed by atoms with Crippen molar-refractivity contribution in [2.24, 2.45) is 5.41 Å². The van der Waals surface area contributed by atoms with Crippen molar-refractivity contribution in [3.8, 4) is 0 Å². The fourth-order valence-corrected chi connectivity index (χ4v) is 1.61. The molecule has 0 fully saturated rings. The Labute approximate surface area is 93.8 Å². The quantitative estimate of drug-likeness (QED) is 0.571. The van der Waals surface area contributed by atoms with E-state index in [1.165, 1.54) is 0 Å². The number of hydrogen-bond donors (Lipinski definition) is 1. The Morgan fingerprint density at radius 1 is 1.13 bits per heavy atom. The fourth-order valence-electron chi connectivity index (χ4n) is 1.61. The molecule has 0 aromatic heterocycles. The summed E-state index contributed by atoms with van der Waals surface area (Å²) in [5, 5.41) is 9.28. The highest BCUT2D eigenvalue weighted by Gasteiger charge is 2.21. The van der Waals surface area contributed by atoms with E-state index in [9.17, 15) is 5.11 Å². The average Bonchev–Trinajstić information content (AvgIpc) is 2.24. The molecule has 0 spiro atoms. The van der Waals surface area contributed by atoms with Gasteiger partial charge in [-0.25, -0.2) is 0 Å². The molecule has 3 nitrogen and oxygen atoms in total. The van der Waals surface area contributed by atoms with Gasteiger partial charge in [-0.15, -0.1) is 0 Å². The number of ether oxygens (including phenoxy) is 2. The van der Waals surface area contributed by atoms with Crippen LogP contribution in [0.3, 0.4) is 0 Å². The molecule has 0 aromatic carbocycles. The highest BCUT2D eigenvalue weighted by atomic mass is 16.5. The van der Waals surface area contributed by atoms with Crippen LogP contribution < -0.4 is 0 Å². The lowest BCUT2D eigenvalue weighted by Crippen LogP contribution is -2.23. The molecular formula is C12H26O3. The molecular weight excluding hydrogens is 192 g/mol. The zero-order valence-electron chi connectivity index (χ0n) is 10.4. The minimum absolute atomic E-state index is 0.0377. The van der Waals surface area contributed by atoms with Gasteiger partial charge in [0.2, 0.25) is 0 Å². The van der Waals surface area contributed by atoms with Crippen molar-refractivity contribution in [1.82, 2.24) is 0 Å². The molecule has 3 heteroatoms. The maximum atomic E-state index is 9.28. The van der Waals surface area contributed by atoms with Gasteiger partial charge in [-0.1, -0.05) is 20.3 Å². The second-order valence-electron chi connectivity index (χ2n) is 4.43. The Bertz CT molecular complexity index is 139.